The van der Waals surface area contributed by atoms with E-state index in [0.717, 1.165) is 11.1 Å². The monoisotopic (exact) mass is 390 g/mol. The Morgan fingerprint density at radius 3 is 2.25 bits per heavy atom. The van der Waals surface area contributed by atoms with Crippen LogP contribution in [0.15, 0.2) is 36.4 Å². The Morgan fingerprint density at radius 1 is 1.00 bits per heavy atom. The topological polar surface area (TPSA) is 116 Å². The second kappa shape index (κ2) is 10.5. The number of ether oxygens (including phenoxy) is 2. The Hall–Kier alpha value is -2.77. The molecule has 0 aromatic heterocycles. The third kappa shape index (κ3) is 6.44. The molecule has 28 heavy (non-hydrogen) atoms. The smallest absolute Gasteiger partial charge is 0.186 e. The fraction of sp³-hybridized carbons (Fsp3) is 0.381. The summed E-state index contributed by atoms with van der Waals surface area (Å²) in [6, 6.07) is 9.71. The quantitative estimate of drug-likeness (QED) is 0.435. The fourth-order valence-electron chi connectivity index (χ4n) is 2.86. The predicted molar refractivity (Wildman–Crippen MR) is 103 cm³/mol. The Kier molecular flexibility index (Phi) is 8.10. The Balaban J connectivity index is 1.79. The molecule has 2 aromatic rings. The number of methoxy groups -OCH3 is 1. The highest BCUT2D eigenvalue weighted by molar-refractivity contribution is 5.79. The van der Waals surface area contributed by atoms with Crippen molar-refractivity contribution >= 4 is 5.78 Å². The molecule has 2 aromatic carbocycles. The van der Waals surface area contributed by atoms with Crippen molar-refractivity contribution in [3.63, 3.8) is 0 Å². The summed E-state index contributed by atoms with van der Waals surface area (Å²) in [5.74, 6) is 0.474. The van der Waals surface area contributed by atoms with E-state index in [1.807, 2.05) is 0 Å². The summed E-state index contributed by atoms with van der Waals surface area (Å²) < 4.78 is 9.96. The first-order valence-corrected chi connectivity index (χ1v) is 9.04. The van der Waals surface area contributed by atoms with Crippen molar-refractivity contribution in [1.29, 1.82) is 0 Å². The summed E-state index contributed by atoms with van der Waals surface area (Å²) in [5, 5.41) is 38.1. The molecular weight excluding hydrogens is 364 g/mol. The Labute approximate surface area is 163 Å². The normalized spacial score (nSPS) is 11.8. The number of phenolic OH excluding ortho intramolecular Hbond substituents is 2. The lowest BCUT2D eigenvalue weighted by atomic mass is 10.00. The van der Waals surface area contributed by atoms with Gasteiger partial charge in [-0.2, -0.15) is 0 Å². The molecular formula is C21H26O7. The van der Waals surface area contributed by atoms with Gasteiger partial charge in [-0.15, -0.1) is 0 Å². The van der Waals surface area contributed by atoms with Crippen molar-refractivity contribution in [3.8, 4) is 23.0 Å². The van der Waals surface area contributed by atoms with Gasteiger partial charge in [-0.05, 0) is 54.7 Å². The van der Waals surface area contributed by atoms with E-state index in [2.05, 4.69) is 0 Å². The van der Waals surface area contributed by atoms with Gasteiger partial charge in [-0.3, -0.25) is 4.79 Å². The summed E-state index contributed by atoms with van der Waals surface area (Å²) in [7, 11) is 1.47. The maximum atomic E-state index is 12.1. The van der Waals surface area contributed by atoms with Crippen molar-refractivity contribution in [2.24, 2.45) is 0 Å². The number of aliphatic hydroxyl groups is 2. The van der Waals surface area contributed by atoms with E-state index in [9.17, 15) is 20.1 Å². The molecule has 1 atom stereocenters. The number of benzene rings is 2. The summed E-state index contributed by atoms with van der Waals surface area (Å²) in [4.78, 5) is 12.1. The van der Waals surface area contributed by atoms with E-state index in [-0.39, 0.29) is 29.5 Å². The molecule has 7 nitrogen and oxygen atoms in total. The fourth-order valence-corrected chi connectivity index (χ4v) is 2.86. The van der Waals surface area contributed by atoms with Crippen molar-refractivity contribution in [1.82, 2.24) is 0 Å². The van der Waals surface area contributed by atoms with Gasteiger partial charge in [0.05, 0.1) is 13.2 Å². The average Bonchev–Trinajstić information content (AvgIpc) is 2.68. The number of carbonyl (C=O) groups excluding carboxylic acids is 1. The van der Waals surface area contributed by atoms with E-state index >= 15 is 0 Å². The maximum absolute atomic E-state index is 12.1. The number of ketones is 1. The largest absolute Gasteiger partial charge is 0.504 e. The zero-order valence-electron chi connectivity index (χ0n) is 15.8. The third-order valence-corrected chi connectivity index (χ3v) is 4.41. The lowest BCUT2D eigenvalue weighted by molar-refractivity contribution is -0.121. The van der Waals surface area contributed by atoms with E-state index in [1.54, 1.807) is 24.3 Å². The molecule has 0 amide bonds. The number of carbonyl (C=O) groups is 1. The zero-order valence-corrected chi connectivity index (χ0v) is 15.8. The molecule has 0 saturated carbocycles. The molecule has 152 valence electrons. The third-order valence-electron chi connectivity index (χ3n) is 4.41. The first-order valence-electron chi connectivity index (χ1n) is 9.04. The number of rotatable bonds is 11. The van der Waals surface area contributed by atoms with Crippen molar-refractivity contribution in [3.05, 3.63) is 47.5 Å². The highest BCUT2D eigenvalue weighted by Crippen LogP contribution is 2.28. The molecule has 0 saturated heterocycles. The molecule has 1 unspecified atom stereocenters. The second-order valence-corrected chi connectivity index (χ2v) is 6.52. The minimum atomic E-state index is -0.766. The number of hydrogen-bond donors (Lipinski definition) is 4. The second-order valence-electron chi connectivity index (χ2n) is 6.52. The summed E-state index contributed by atoms with van der Waals surface area (Å²) in [5.41, 5.74) is 1.70. The van der Waals surface area contributed by atoms with Crippen molar-refractivity contribution in [2.45, 2.75) is 38.2 Å². The van der Waals surface area contributed by atoms with Gasteiger partial charge in [0, 0.05) is 12.8 Å². The van der Waals surface area contributed by atoms with Crippen LogP contribution in [0.5, 0.6) is 23.0 Å². The van der Waals surface area contributed by atoms with Crippen LogP contribution in [0, 0.1) is 0 Å². The molecule has 4 N–H and O–H groups in total. The summed E-state index contributed by atoms with van der Waals surface area (Å²) >= 11 is 0. The first kappa shape index (κ1) is 21.5. The van der Waals surface area contributed by atoms with Crippen LogP contribution in [0.2, 0.25) is 0 Å². The average molecular weight is 390 g/mol. The molecule has 0 aliphatic heterocycles. The number of aromatic hydroxyl groups is 2. The summed E-state index contributed by atoms with van der Waals surface area (Å²) in [6.07, 6.45) is 0.986. The van der Waals surface area contributed by atoms with Crippen LogP contribution in [-0.2, 0) is 17.6 Å². The van der Waals surface area contributed by atoms with Crippen molar-refractivity contribution in [2.75, 3.05) is 13.9 Å². The Morgan fingerprint density at radius 2 is 1.61 bits per heavy atom. The van der Waals surface area contributed by atoms with E-state index in [1.165, 1.54) is 19.2 Å². The standard InChI is InChI=1S/C21H26O7/c1-27-20-10-14(4-8-18(20)25)2-6-16(23)12-17(24)7-3-15-5-9-19(26)21(11-15)28-13-22/h4-5,8-11,17,22,24-26H,2-3,6-7,12-13H2,1H3. The van der Waals surface area contributed by atoms with Crippen molar-refractivity contribution < 1.29 is 34.7 Å². The number of aryl methyl sites for hydroxylation is 2. The van der Waals surface area contributed by atoms with Gasteiger partial charge in [-0.1, -0.05) is 12.1 Å². The molecule has 0 radical (unpaired) electrons. The number of aliphatic hydroxyl groups excluding tert-OH is 2. The minimum Gasteiger partial charge on any atom is -0.504 e. The predicted octanol–water partition coefficient (Wildman–Crippen LogP) is 2.32. The highest BCUT2D eigenvalue weighted by Gasteiger charge is 2.13. The van der Waals surface area contributed by atoms with Crippen LogP contribution in [0.4, 0.5) is 0 Å². The minimum absolute atomic E-state index is 0.0467. The van der Waals surface area contributed by atoms with Gasteiger partial charge in [-0.25, -0.2) is 0 Å². The zero-order chi connectivity index (χ0) is 20.5. The van der Waals surface area contributed by atoms with Gasteiger partial charge in [0.15, 0.2) is 29.8 Å². The lowest BCUT2D eigenvalue weighted by Gasteiger charge is -2.12. The van der Waals surface area contributed by atoms with Crippen LogP contribution in [0.1, 0.15) is 30.4 Å². The van der Waals surface area contributed by atoms with Crippen LogP contribution in [0.25, 0.3) is 0 Å². The van der Waals surface area contributed by atoms with Crippen LogP contribution in [-0.4, -0.2) is 46.2 Å². The van der Waals surface area contributed by atoms with Gasteiger partial charge in [0.2, 0.25) is 0 Å². The van der Waals surface area contributed by atoms with Crippen LogP contribution >= 0.6 is 0 Å². The maximum Gasteiger partial charge on any atom is 0.186 e. The van der Waals surface area contributed by atoms with E-state index in [4.69, 9.17) is 14.6 Å². The van der Waals surface area contributed by atoms with Gasteiger partial charge < -0.3 is 29.9 Å². The SMILES string of the molecule is COc1cc(CCC(=O)CC(O)CCc2ccc(O)c(OCO)c2)ccc1O. The molecule has 7 heteroatoms. The highest BCUT2D eigenvalue weighted by atomic mass is 16.6. The number of phenols is 2. The molecule has 0 aliphatic rings. The summed E-state index contributed by atoms with van der Waals surface area (Å²) in [6.45, 7) is -0.541. The molecule has 0 bridgehead atoms. The lowest BCUT2D eigenvalue weighted by Crippen LogP contribution is -2.15. The first-order chi connectivity index (χ1) is 13.4. The molecule has 2 rings (SSSR count). The number of hydrogen-bond acceptors (Lipinski definition) is 7. The molecule has 0 spiro atoms. The van der Waals surface area contributed by atoms with Gasteiger partial charge in [0.25, 0.3) is 0 Å². The van der Waals surface area contributed by atoms with Gasteiger partial charge >= 0.3 is 0 Å². The Bertz CT molecular complexity index is 788. The van der Waals surface area contributed by atoms with Gasteiger partial charge in [0.1, 0.15) is 5.78 Å². The molecule has 0 fully saturated rings. The van der Waals surface area contributed by atoms with Crippen LogP contribution < -0.4 is 9.47 Å². The van der Waals surface area contributed by atoms with E-state index in [0.29, 0.717) is 31.4 Å². The van der Waals surface area contributed by atoms with Crippen LogP contribution in [0.3, 0.4) is 0 Å². The molecule has 0 aliphatic carbocycles. The van der Waals surface area contributed by atoms with E-state index < -0.39 is 12.9 Å². The molecule has 0 heterocycles. The number of Topliss-reactive ketones (excluding diaryl/α,β-unsaturated/α-hetero) is 1.